The summed E-state index contributed by atoms with van der Waals surface area (Å²) in [6.45, 7) is 23.8. The molecular formula is C40H59FN8O4S. The third kappa shape index (κ3) is 8.61. The zero-order valence-corrected chi connectivity index (χ0v) is 34.0. The Morgan fingerprint density at radius 2 is 1.69 bits per heavy atom. The lowest BCUT2D eigenvalue weighted by Gasteiger charge is -2.54. The van der Waals surface area contributed by atoms with E-state index in [0.29, 0.717) is 23.2 Å². The summed E-state index contributed by atoms with van der Waals surface area (Å²) in [6, 6.07) is 4.28. The number of aromatic nitrogens is 2. The molecule has 14 heteroatoms. The van der Waals surface area contributed by atoms with Gasteiger partial charge in [-0.3, -0.25) is 4.79 Å². The highest BCUT2D eigenvalue weighted by atomic mass is 32.2. The van der Waals surface area contributed by atoms with Crippen LogP contribution in [0.2, 0.25) is 0 Å². The quantitative estimate of drug-likeness (QED) is 0.252. The summed E-state index contributed by atoms with van der Waals surface area (Å²) < 4.78 is 31.4. The van der Waals surface area contributed by atoms with Crippen LogP contribution in [0.5, 0.6) is 11.5 Å². The van der Waals surface area contributed by atoms with E-state index in [4.69, 9.17) is 9.47 Å². The molecule has 12 nitrogen and oxygen atoms in total. The lowest BCUT2D eigenvalue weighted by molar-refractivity contribution is -0.0164. The number of nitrogens with zero attached hydrogens (tertiary/aromatic N) is 8. The molecule has 0 radical (unpaired) electrons. The van der Waals surface area contributed by atoms with Gasteiger partial charge in [0.1, 0.15) is 23.5 Å². The first-order valence-corrected chi connectivity index (χ1v) is 20.6. The number of piperidine rings is 2. The van der Waals surface area contributed by atoms with Crippen molar-refractivity contribution in [3.05, 3.63) is 42.1 Å². The van der Waals surface area contributed by atoms with Crippen molar-refractivity contribution in [1.82, 2.24) is 33.3 Å². The van der Waals surface area contributed by atoms with E-state index in [0.717, 1.165) is 77.7 Å². The summed E-state index contributed by atoms with van der Waals surface area (Å²) >= 11 is 1.89. The van der Waals surface area contributed by atoms with Gasteiger partial charge < -0.3 is 29.1 Å². The van der Waals surface area contributed by atoms with Gasteiger partial charge in [0.05, 0.1) is 17.8 Å². The van der Waals surface area contributed by atoms with Crippen LogP contribution in [-0.2, 0) is 4.74 Å². The molecule has 5 aliphatic heterocycles. The topological polar surface area (TPSA) is 97.8 Å². The molecule has 6 heterocycles. The third-order valence-electron chi connectivity index (χ3n) is 11.8. The third-order valence-corrected chi connectivity index (χ3v) is 12.9. The summed E-state index contributed by atoms with van der Waals surface area (Å²) in [6.07, 6.45) is 7.75. The predicted molar refractivity (Wildman–Crippen MR) is 209 cm³/mol. The smallest absolute Gasteiger partial charge is 0.410 e. The van der Waals surface area contributed by atoms with E-state index < -0.39 is 11.4 Å². The van der Waals surface area contributed by atoms with Gasteiger partial charge in [0.15, 0.2) is 11.6 Å². The molecule has 2 amide bonds. The van der Waals surface area contributed by atoms with Gasteiger partial charge in [-0.1, -0.05) is 0 Å². The van der Waals surface area contributed by atoms with Crippen LogP contribution >= 0.6 is 12.1 Å². The number of likely N-dealkylation sites (tertiary alicyclic amines) is 2. The first-order valence-electron chi connectivity index (χ1n) is 19.9. The van der Waals surface area contributed by atoms with Gasteiger partial charge in [0, 0.05) is 87.9 Å². The number of amides is 2. The number of benzene rings is 1. The van der Waals surface area contributed by atoms with Crippen LogP contribution in [0.3, 0.4) is 0 Å². The van der Waals surface area contributed by atoms with Crippen molar-refractivity contribution in [2.45, 2.75) is 97.9 Å². The molecule has 296 valence electrons. The number of carbonyl (C=O) groups is 2. The van der Waals surface area contributed by atoms with Crippen LogP contribution in [0.4, 0.5) is 15.0 Å². The van der Waals surface area contributed by atoms with Gasteiger partial charge in [-0.2, -0.15) is 0 Å². The Balaban J connectivity index is 0.857. The molecule has 5 saturated heterocycles. The van der Waals surface area contributed by atoms with Gasteiger partial charge in [-0.25, -0.2) is 27.8 Å². The molecule has 1 spiro atoms. The van der Waals surface area contributed by atoms with Crippen molar-refractivity contribution >= 4 is 30.0 Å². The van der Waals surface area contributed by atoms with Crippen LogP contribution in [0.15, 0.2) is 30.7 Å². The molecular weight excluding hydrogens is 708 g/mol. The summed E-state index contributed by atoms with van der Waals surface area (Å²) in [4.78, 5) is 43.6. The fourth-order valence-electron chi connectivity index (χ4n) is 9.04. The van der Waals surface area contributed by atoms with E-state index in [1.165, 1.54) is 43.9 Å². The molecule has 0 aliphatic carbocycles. The summed E-state index contributed by atoms with van der Waals surface area (Å²) in [5.41, 5.74) is -0.00495. The first kappa shape index (κ1) is 39.1. The molecule has 54 heavy (non-hydrogen) atoms. The molecule has 1 aromatic carbocycles. The standard InChI is InChI=1S/C40H59FN8O4S/c1-27(2)49(28(3)4)37(50)32-18-31(41)8-9-34(32)52-35-19-42-26-43-36(35)45-24-40(25-45)12-16-44(17-13-40)20-29-10-14-46(15-11-29)54-47-21-30-22-48(33(30)23-47)38(51)53-39(5,6)7/h8-9,18-19,26-30,33H,10-17,20-25H2,1-7H3/t30-,33-/m1/s1. The Labute approximate surface area is 325 Å². The van der Waals surface area contributed by atoms with E-state index >= 15 is 0 Å². The fourth-order valence-corrected chi connectivity index (χ4v) is 10.2. The molecule has 2 aromatic rings. The zero-order valence-electron chi connectivity index (χ0n) is 33.2. The fraction of sp³-hybridized carbons (Fsp3) is 0.700. The Kier molecular flexibility index (Phi) is 11.4. The first-order chi connectivity index (χ1) is 25.7. The average molecular weight is 767 g/mol. The zero-order chi connectivity index (χ0) is 38.4. The molecule has 5 fully saturated rings. The second kappa shape index (κ2) is 15.7. The van der Waals surface area contributed by atoms with Crippen molar-refractivity contribution in [2.75, 3.05) is 70.3 Å². The van der Waals surface area contributed by atoms with Crippen molar-refractivity contribution < 1.29 is 23.5 Å². The Morgan fingerprint density at radius 1 is 0.981 bits per heavy atom. The molecule has 5 aliphatic rings. The van der Waals surface area contributed by atoms with Gasteiger partial charge in [0.2, 0.25) is 0 Å². The Morgan fingerprint density at radius 3 is 2.35 bits per heavy atom. The molecule has 0 unspecified atom stereocenters. The minimum Gasteiger partial charge on any atom is -0.451 e. The lowest BCUT2D eigenvalue weighted by atomic mass is 9.72. The highest BCUT2D eigenvalue weighted by Crippen LogP contribution is 2.45. The van der Waals surface area contributed by atoms with Crippen LogP contribution < -0.4 is 9.64 Å². The van der Waals surface area contributed by atoms with Gasteiger partial charge in [0.25, 0.3) is 5.91 Å². The van der Waals surface area contributed by atoms with Crippen LogP contribution in [-0.4, -0.2) is 134 Å². The normalized spacial score (nSPS) is 23.7. The lowest BCUT2D eigenvalue weighted by Crippen LogP contribution is -2.61. The average Bonchev–Trinajstić information content (AvgIpc) is 3.39. The van der Waals surface area contributed by atoms with E-state index in [1.807, 2.05) is 65.5 Å². The predicted octanol–water partition coefficient (Wildman–Crippen LogP) is 6.40. The minimum absolute atomic E-state index is 0.0527. The maximum atomic E-state index is 14.4. The summed E-state index contributed by atoms with van der Waals surface area (Å²) in [7, 11) is 0. The highest BCUT2D eigenvalue weighted by Gasteiger charge is 2.50. The second-order valence-corrected chi connectivity index (χ2v) is 19.0. The molecule has 2 atom stereocenters. The molecule has 0 bridgehead atoms. The van der Waals surface area contributed by atoms with Crippen molar-refractivity contribution in [3.63, 3.8) is 0 Å². The van der Waals surface area contributed by atoms with E-state index in [2.05, 4.69) is 28.4 Å². The molecule has 0 N–H and O–H groups in total. The number of hydrogen-bond donors (Lipinski definition) is 0. The van der Waals surface area contributed by atoms with Crippen molar-refractivity contribution in [3.8, 4) is 11.5 Å². The Hall–Kier alpha value is -3.20. The summed E-state index contributed by atoms with van der Waals surface area (Å²) in [5, 5.41) is 0. The van der Waals surface area contributed by atoms with Crippen molar-refractivity contribution in [1.29, 1.82) is 0 Å². The largest absolute Gasteiger partial charge is 0.451 e. The second-order valence-electron chi connectivity index (χ2n) is 17.8. The van der Waals surface area contributed by atoms with Gasteiger partial charge in [-0.15, -0.1) is 0 Å². The van der Waals surface area contributed by atoms with E-state index in [9.17, 15) is 14.0 Å². The summed E-state index contributed by atoms with van der Waals surface area (Å²) in [5.74, 6) is 2.00. The van der Waals surface area contributed by atoms with Crippen LogP contribution in [0.25, 0.3) is 0 Å². The number of ether oxygens (including phenoxy) is 2. The Bertz CT molecular complexity index is 1640. The number of halogens is 1. The maximum absolute atomic E-state index is 14.4. The monoisotopic (exact) mass is 766 g/mol. The number of fused-ring (bicyclic) bond motifs is 1. The number of rotatable bonds is 10. The van der Waals surface area contributed by atoms with Gasteiger partial charge >= 0.3 is 6.09 Å². The molecule has 7 rings (SSSR count). The number of carbonyl (C=O) groups excluding carboxylic acids is 2. The number of hydrogen-bond acceptors (Lipinski definition) is 11. The molecule has 1 aromatic heterocycles. The SMILES string of the molecule is CC(C)N(C(=O)c1cc(F)ccc1Oc1cncnc1N1CC2(CCN(CC3CCN(SN4C[C@@H]5CN(C(=O)OC(C)(C)C)[C@@H]5C4)CC3)CC2)C1)C(C)C. The molecule has 0 saturated carbocycles. The van der Waals surface area contributed by atoms with Crippen LogP contribution in [0, 0.1) is 23.1 Å². The maximum Gasteiger partial charge on any atom is 0.410 e. The van der Waals surface area contributed by atoms with Gasteiger partial charge in [-0.05, 0) is 111 Å². The minimum atomic E-state index is -0.483. The highest BCUT2D eigenvalue weighted by molar-refractivity contribution is 7.94. The van der Waals surface area contributed by atoms with E-state index in [1.54, 1.807) is 11.1 Å². The van der Waals surface area contributed by atoms with Crippen molar-refractivity contribution in [2.24, 2.45) is 17.3 Å². The van der Waals surface area contributed by atoms with Crippen LogP contribution in [0.1, 0.15) is 84.5 Å². The number of anilines is 1. The van der Waals surface area contributed by atoms with E-state index in [-0.39, 0.29) is 41.1 Å².